The molecule has 0 aromatic rings. The minimum atomic E-state index is -0.360. The lowest BCUT2D eigenvalue weighted by Gasteiger charge is -2.16. The summed E-state index contributed by atoms with van der Waals surface area (Å²) in [5, 5.41) is 5.42. The van der Waals surface area contributed by atoms with Crippen molar-refractivity contribution >= 4 is 12.2 Å². The van der Waals surface area contributed by atoms with E-state index in [1.54, 1.807) is 6.92 Å². The minimum Gasteiger partial charge on any atom is -0.450 e. The summed E-state index contributed by atoms with van der Waals surface area (Å²) in [4.78, 5) is 22.4. The van der Waals surface area contributed by atoms with Crippen LogP contribution in [0.1, 0.15) is 53.4 Å². The number of hydrogen-bond donors (Lipinski definition) is 2. The monoisotopic (exact) mass is 302 g/mol. The van der Waals surface area contributed by atoms with Crippen molar-refractivity contribution in [2.24, 2.45) is 5.92 Å². The van der Waals surface area contributed by atoms with Gasteiger partial charge in [0.05, 0.1) is 6.61 Å². The van der Waals surface area contributed by atoms with E-state index in [0.717, 1.165) is 25.7 Å². The van der Waals surface area contributed by atoms with Gasteiger partial charge in [-0.2, -0.15) is 0 Å². The Balaban J connectivity index is 3.36. The largest absolute Gasteiger partial charge is 0.450 e. The summed E-state index contributed by atoms with van der Waals surface area (Å²) in [5.41, 5.74) is 0. The fraction of sp³-hybridized carbons (Fsp3) is 0.867. The molecule has 0 radical (unpaired) electrons. The van der Waals surface area contributed by atoms with Gasteiger partial charge in [0.2, 0.25) is 0 Å². The molecule has 0 heterocycles. The zero-order valence-corrected chi connectivity index (χ0v) is 13.7. The second kappa shape index (κ2) is 12.3. The van der Waals surface area contributed by atoms with Crippen molar-refractivity contribution in [1.82, 2.24) is 10.6 Å². The van der Waals surface area contributed by atoms with Gasteiger partial charge in [-0.1, -0.05) is 26.7 Å². The molecule has 1 unspecified atom stereocenters. The van der Waals surface area contributed by atoms with Gasteiger partial charge < -0.3 is 20.1 Å². The van der Waals surface area contributed by atoms with Crippen LogP contribution in [-0.4, -0.2) is 38.0 Å². The van der Waals surface area contributed by atoms with Gasteiger partial charge in [-0.3, -0.25) is 0 Å². The van der Waals surface area contributed by atoms with Gasteiger partial charge in [-0.15, -0.1) is 0 Å². The highest BCUT2D eigenvalue weighted by Crippen LogP contribution is 2.05. The number of alkyl carbamates (subject to hydrolysis) is 2. The van der Waals surface area contributed by atoms with Gasteiger partial charge in [0, 0.05) is 13.1 Å². The molecule has 2 amide bonds. The van der Waals surface area contributed by atoms with Gasteiger partial charge in [-0.25, -0.2) is 9.59 Å². The second-order valence-electron chi connectivity index (χ2n) is 5.34. The van der Waals surface area contributed by atoms with Crippen LogP contribution in [0, 0.1) is 5.92 Å². The number of carbonyl (C=O) groups excluding carboxylic acids is 2. The molecule has 2 N–H and O–H groups in total. The second-order valence-corrected chi connectivity index (χ2v) is 5.34. The third-order valence-electron chi connectivity index (χ3n) is 3.15. The van der Waals surface area contributed by atoms with Crippen molar-refractivity contribution in [1.29, 1.82) is 0 Å². The number of unbranched alkanes of at least 4 members (excludes halogenated alkanes) is 3. The Kier molecular flexibility index (Phi) is 11.4. The minimum absolute atomic E-state index is 0.0704. The average molecular weight is 302 g/mol. The predicted octanol–water partition coefficient (Wildman–Crippen LogP) is 3.06. The first-order valence-corrected chi connectivity index (χ1v) is 7.82. The SMILES string of the molecule is CCOC(=O)NCCCCCCNC(=O)OC(C)C(C)C. The molecule has 0 aliphatic heterocycles. The van der Waals surface area contributed by atoms with E-state index in [1.807, 2.05) is 20.8 Å². The fourth-order valence-corrected chi connectivity index (χ4v) is 1.51. The van der Waals surface area contributed by atoms with Crippen molar-refractivity contribution in [3.8, 4) is 0 Å². The number of nitrogens with one attached hydrogen (secondary N) is 2. The Morgan fingerprint density at radius 1 is 0.905 bits per heavy atom. The normalized spacial score (nSPS) is 11.9. The van der Waals surface area contributed by atoms with Crippen LogP contribution in [0.25, 0.3) is 0 Å². The number of hydrogen-bond acceptors (Lipinski definition) is 4. The first-order chi connectivity index (χ1) is 9.97. The van der Waals surface area contributed by atoms with E-state index in [1.165, 1.54) is 0 Å². The molecule has 0 aromatic carbocycles. The number of rotatable bonds is 10. The van der Waals surface area contributed by atoms with Crippen LogP contribution in [0.5, 0.6) is 0 Å². The summed E-state index contributed by atoms with van der Waals surface area (Å²) in [6, 6.07) is 0. The molecule has 0 aliphatic rings. The molecular formula is C15H30N2O4. The molecular weight excluding hydrogens is 272 g/mol. The standard InChI is InChI=1S/C15H30N2O4/c1-5-20-14(18)16-10-8-6-7-9-11-17-15(19)21-13(4)12(2)3/h12-13H,5-11H2,1-4H3,(H,16,18)(H,17,19). The maximum atomic E-state index is 11.4. The van der Waals surface area contributed by atoms with Crippen molar-refractivity contribution in [2.75, 3.05) is 19.7 Å². The first-order valence-electron chi connectivity index (χ1n) is 7.82. The van der Waals surface area contributed by atoms with Gasteiger partial charge in [0.15, 0.2) is 0 Å². The highest BCUT2D eigenvalue weighted by Gasteiger charge is 2.11. The summed E-state index contributed by atoms with van der Waals surface area (Å²) in [6.45, 7) is 9.34. The topological polar surface area (TPSA) is 76.7 Å². The Morgan fingerprint density at radius 2 is 1.43 bits per heavy atom. The smallest absolute Gasteiger partial charge is 0.407 e. The van der Waals surface area contributed by atoms with Crippen molar-refractivity contribution in [3.05, 3.63) is 0 Å². The van der Waals surface area contributed by atoms with E-state index in [4.69, 9.17) is 9.47 Å². The maximum absolute atomic E-state index is 11.4. The zero-order valence-electron chi connectivity index (χ0n) is 13.7. The summed E-state index contributed by atoms with van der Waals surface area (Å²) in [5.74, 6) is 0.322. The maximum Gasteiger partial charge on any atom is 0.407 e. The molecule has 0 aromatic heterocycles. The lowest BCUT2D eigenvalue weighted by Crippen LogP contribution is -2.30. The van der Waals surface area contributed by atoms with Gasteiger partial charge >= 0.3 is 12.2 Å². The fourth-order valence-electron chi connectivity index (χ4n) is 1.51. The third-order valence-corrected chi connectivity index (χ3v) is 3.15. The van der Waals surface area contributed by atoms with E-state index >= 15 is 0 Å². The van der Waals surface area contributed by atoms with E-state index < -0.39 is 0 Å². The highest BCUT2D eigenvalue weighted by molar-refractivity contribution is 5.67. The summed E-state index contributed by atoms with van der Waals surface area (Å²) < 4.78 is 9.95. The molecule has 6 nitrogen and oxygen atoms in total. The molecule has 21 heavy (non-hydrogen) atoms. The molecule has 0 rings (SSSR count). The molecule has 124 valence electrons. The van der Waals surface area contributed by atoms with Gasteiger partial charge in [-0.05, 0) is 32.6 Å². The molecule has 0 bridgehead atoms. The van der Waals surface area contributed by atoms with Crippen LogP contribution < -0.4 is 10.6 Å². The zero-order chi connectivity index (χ0) is 16.1. The lowest BCUT2D eigenvalue weighted by atomic mass is 10.1. The Bertz CT molecular complexity index is 295. The average Bonchev–Trinajstić information content (AvgIpc) is 2.41. The molecule has 0 saturated carbocycles. The molecule has 0 saturated heterocycles. The van der Waals surface area contributed by atoms with Crippen LogP contribution in [0.3, 0.4) is 0 Å². The van der Waals surface area contributed by atoms with Gasteiger partial charge in [0.1, 0.15) is 6.10 Å². The Labute approximate surface area is 127 Å². The summed E-state index contributed by atoms with van der Waals surface area (Å²) in [6.07, 6.45) is 3.05. The molecule has 0 spiro atoms. The molecule has 0 aliphatic carbocycles. The number of amides is 2. The number of ether oxygens (including phenoxy) is 2. The molecule has 0 fully saturated rings. The summed E-state index contributed by atoms with van der Waals surface area (Å²) >= 11 is 0. The quantitative estimate of drug-likeness (QED) is 0.608. The van der Waals surface area contributed by atoms with E-state index in [2.05, 4.69) is 10.6 Å². The van der Waals surface area contributed by atoms with Crippen molar-refractivity contribution in [3.63, 3.8) is 0 Å². The van der Waals surface area contributed by atoms with Crippen LogP contribution >= 0.6 is 0 Å². The number of carbonyl (C=O) groups is 2. The van der Waals surface area contributed by atoms with E-state index in [-0.39, 0.29) is 18.3 Å². The van der Waals surface area contributed by atoms with Crippen LogP contribution in [0.15, 0.2) is 0 Å². The molecule has 6 heteroatoms. The van der Waals surface area contributed by atoms with E-state index in [0.29, 0.717) is 25.6 Å². The molecule has 1 atom stereocenters. The Morgan fingerprint density at radius 3 is 1.90 bits per heavy atom. The van der Waals surface area contributed by atoms with E-state index in [9.17, 15) is 9.59 Å². The van der Waals surface area contributed by atoms with Crippen molar-refractivity contribution in [2.45, 2.75) is 59.5 Å². The summed E-state index contributed by atoms with van der Waals surface area (Å²) in [7, 11) is 0. The van der Waals surface area contributed by atoms with Crippen LogP contribution in [0.2, 0.25) is 0 Å². The first kappa shape index (κ1) is 19.5. The van der Waals surface area contributed by atoms with Gasteiger partial charge in [0.25, 0.3) is 0 Å². The Hall–Kier alpha value is -1.46. The predicted molar refractivity (Wildman–Crippen MR) is 82.3 cm³/mol. The third kappa shape index (κ3) is 12.0. The lowest BCUT2D eigenvalue weighted by molar-refractivity contribution is 0.0821. The van der Waals surface area contributed by atoms with Crippen molar-refractivity contribution < 1.29 is 19.1 Å². The van der Waals surface area contributed by atoms with Crippen LogP contribution in [-0.2, 0) is 9.47 Å². The van der Waals surface area contributed by atoms with Crippen LogP contribution in [0.4, 0.5) is 9.59 Å². The highest BCUT2D eigenvalue weighted by atomic mass is 16.6.